The van der Waals surface area contributed by atoms with E-state index in [1.165, 1.54) is 19.3 Å². The van der Waals surface area contributed by atoms with E-state index in [4.69, 9.17) is 4.42 Å². The molecule has 0 radical (unpaired) electrons. The third kappa shape index (κ3) is 1.87. The summed E-state index contributed by atoms with van der Waals surface area (Å²) in [6.45, 7) is 0.819. The van der Waals surface area contributed by atoms with Crippen LogP contribution in [0.4, 0.5) is 0 Å². The Morgan fingerprint density at radius 2 is 2.50 bits per heavy atom. The van der Waals surface area contributed by atoms with E-state index in [1.807, 2.05) is 0 Å². The van der Waals surface area contributed by atoms with Crippen LogP contribution in [0.15, 0.2) is 15.5 Å². The Bertz CT molecular complexity index is 257. The van der Waals surface area contributed by atoms with Crippen molar-refractivity contribution in [1.82, 2.24) is 10.3 Å². The highest BCUT2D eigenvalue weighted by Crippen LogP contribution is 2.18. The molecule has 1 aliphatic rings. The maximum atomic E-state index is 5.01. The lowest BCUT2D eigenvalue weighted by Crippen LogP contribution is -2.34. The highest BCUT2D eigenvalue weighted by molar-refractivity contribution is 9.10. The minimum atomic E-state index is 0.563. The fourth-order valence-electron chi connectivity index (χ4n) is 1.22. The van der Waals surface area contributed by atoms with Crippen molar-refractivity contribution in [2.24, 2.45) is 0 Å². The summed E-state index contributed by atoms with van der Waals surface area (Å²) in [7, 11) is 0. The van der Waals surface area contributed by atoms with Crippen LogP contribution in [0.1, 0.15) is 25.0 Å². The first-order valence-electron chi connectivity index (χ1n) is 4.18. The molecule has 1 fully saturated rings. The van der Waals surface area contributed by atoms with E-state index in [0.29, 0.717) is 10.8 Å². The highest BCUT2D eigenvalue weighted by atomic mass is 79.9. The molecule has 3 nitrogen and oxygen atoms in total. The van der Waals surface area contributed by atoms with E-state index in [1.54, 1.807) is 6.26 Å². The molecule has 66 valence electrons. The van der Waals surface area contributed by atoms with Crippen LogP contribution in [0.3, 0.4) is 0 Å². The average Bonchev–Trinajstić information content (AvgIpc) is 2.32. The van der Waals surface area contributed by atoms with E-state index in [0.717, 1.165) is 12.2 Å². The molecule has 0 amide bonds. The van der Waals surface area contributed by atoms with Gasteiger partial charge in [0.25, 0.3) is 4.80 Å². The summed E-state index contributed by atoms with van der Waals surface area (Å²) in [4.78, 5) is 4.69. The number of oxazole rings is 1. The molecule has 4 heteroatoms. The minimum Gasteiger partial charge on any atom is -0.439 e. The zero-order valence-corrected chi connectivity index (χ0v) is 8.30. The maximum Gasteiger partial charge on any atom is 0.264 e. The number of aromatic nitrogens is 1. The first-order chi connectivity index (χ1) is 5.84. The molecule has 0 spiro atoms. The van der Waals surface area contributed by atoms with Crippen molar-refractivity contribution in [2.45, 2.75) is 31.8 Å². The van der Waals surface area contributed by atoms with Crippen LogP contribution in [-0.2, 0) is 6.54 Å². The van der Waals surface area contributed by atoms with Crippen molar-refractivity contribution in [2.75, 3.05) is 0 Å². The van der Waals surface area contributed by atoms with Gasteiger partial charge in [0.05, 0.1) is 5.69 Å². The van der Waals surface area contributed by atoms with Gasteiger partial charge < -0.3 is 9.73 Å². The van der Waals surface area contributed by atoms with E-state index in [9.17, 15) is 0 Å². The molecule has 1 aromatic heterocycles. The van der Waals surface area contributed by atoms with E-state index in [2.05, 4.69) is 26.2 Å². The predicted octanol–water partition coefficient (Wildman–Crippen LogP) is 2.08. The lowest BCUT2D eigenvalue weighted by atomic mass is 9.93. The number of hydrogen-bond acceptors (Lipinski definition) is 3. The second kappa shape index (κ2) is 3.58. The molecule has 0 bridgehead atoms. The summed E-state index contributed by atoms with van der Waals surface area (Å²) in [5.74, 6) is 0. The van der Waals surface area contributed by atoms with Crippen LogP contribution in [0, 0.1) is 0 Å². The molecule has 0 unspecified atom stereocenters. The molecule has 1 saturated carbocycles. The number of nitrogens with zero attached hydrogens (tertiary/aromatic N) is 1. The number of halogens is 1. The van der Waals surface area contributed by atoms with E-state index < -0.39 is 0 Å². The largest absolute Gasteiger partial charge is 0.439 e. The van der Waals surface area contributed by atoms with Gasteiger partial charge >= 0.3 is 0 Å². The van der Waals surface area contributed by atoms with E-state index >= 15 is 0 Å². The predicted molar refractivity (Wildman–Crippen MR) is 48.7 cm³/mol. The van der Waals surface area contributed by atoms with Gasteiger partial charge in [-0.05, 0) is 12.8 Å². The molecular weight excluding hydrogens is 220 g/mol. The van der Waals surface area contributed by atoms with Crippen molar-refractivity contribution in [3.8, 4) is 0 Å². The van der Waals surface area contributed by atoms with Gasteiger partial charge in [-0.3, -0.25) is 0 Å². The molecule has 2 rings (SSSR count). The Balaban J connectivity index is 1.79. The van der Waals surface area contributed by atoms with Crippen LogP contribution in [0.25, 0.3) is 0 Å². The van der Waals surface area contributed by atoms with Gasteiger partial charge in [-0.15, -0.1) is 0 Å². The normalized spacial score (nSPS) is 17.8. The fraction of sp³-hybridized carbons (Fsp3) is 0.625. The molecule has 0 aliphatic heterocycles. The van der Waals surface area contributed by atoms with Gasteiger partial charge in [-0.25, -0.2) is 4.98 Å². The summed E-state index contributed by atoms with van der Waals surface area (Å²) in [5, 5.41) is 3.41. The first kappa shape index (κ1) is 8.26. The van der Waals surface area contributed by atoms with Gasteiger partial charge in [0, 0.05) is 28.5 Å². The zero-order chi connectivity index (χ0) is 8.39. The summed E-state index contributed by atoms with van der Waals surface area (Å²) in [5.41, 5.74) is 0.966. The monoisotopic (exact) mass is 230 g/mol. The Hall–Kier alpha value is -0.350. The average molecular weight is 231 g/mol. The quantitative estimate of drug-likeness (QED) is 0.865. The third-order valence-corrected chi connectivity index (χ3v) is 2.56. The summed E-state index contributed by atoms with van der Waals surface area (Å²) < 4.78 is 5.01. The lowest BCUT2D eigenvalue weighted by Gasteiger charge is -2.25. The van der Waals surface area contributed by atoms with Crippen LogP contribution in [-0.4, -0.2) is 11.0 Å². The van der Waals surface area contributed by atoms with Crippen LogP contribution >= 0.6 is 15.9 Å². The summed E-state index contributed by atoms with van der Waals surface area (Å²) in [6, 6.07) is 0.709. The molecule has 1 aromatic rings. The van der Waals surface area contributed by atoms with Gasteiger partial charge in [0.2, 0.25) is 0 Å². The topological polar surface area (TPSA) is 38.1 Å². The first-order valence-corrected chi connectivity index (χ1v) is 4.97. The fourth-order valence-corrected chi connectivity index (χ4v) is 1.55. The van der Waals surface area contributed by atoms with Crippen LogP contribution < -0.4 is 5.32 Å². The Morgan fingerprint density at radius 1 is 1.67 bits per heavy atom. The lowest BCUT2D eigenvalue weighted by molar-refractivity contribution is 0.337. The Labute approximate surface area is 79.7 Å². The Kier molecular flexibility index (Phi) is 2.46. The van der Waals surface area contributed by atoms with Crippen LogP contribution in [0.2, 0.25) is 0 Å². The molecular formula is C8H11BrN2O. The van der Waals surface area contributed by atoms with Crippen molar-refractivity contribution in [1.29, 1.82) is 0 Å². The maximum absolute atomic E-state index is 5.01. The molecule has 12 heavy (non-hydrogen) atoms. The summed E-state index contributed by atoms with van der Waals surface area (Å²) >= 11 is 3.16. The van der Waals surface area contributed by atoms with Crippen molar-refractivity contribution >= 4 is 15.9 Å². The smallest absolute Gasteiger partial charge is 0.264 e. The molecule has 0 atom stereocenters. The van der Waals surface area contributed by atoms with Crippen molar-refractivity contribution in [3.05, 3.63) is 16.8 Å². The second-order valence-electron chi connectivity index (χ2n) is 3.10. The van der Waals surface area contributed by atoms with E-state index in [-0.39, 0.29) is 0 Å². The van der Waals surface area contributed by atoms with Crippen molar-refractivity contribution in [3.63, 3.8) is 0 Å². The summed E-state index contributed by atoms with van der Waals surface area (Å²) in [6.07, 6.45) is 5.65. The van der Waals surface area contributed by atoms with Gasteiger partial charge in [0.15, 0.2) is 0 Å². The second-order valence-corrected chi connectivity index (χ2v) is 3.78. The number of rotatable bonds is 3. The molecule has 1 heterocycles. The molecule has 0 aromatic carbocycles. The number of nitrogens with one attached hydrogen (secondary N) is 1. The standard InChI is InChI=1S/C8H11BrN2O/c9-8-11-7(5-12-8)4-10-6-2-1-3-6/h5-6,10H,1-4H2. The van der Waals surface area contributed by atoms with Gasteiger partial charge in [-0.1, -0.05) is 6.42 Å². The minimum absolute atomic E-state index is 0.563. The van der Waals surface area contributed by atoms with Gasteiger partial charge in [-0.2, -0.15) is 0 Å². The third-order valence-electron chi connectivity index (χ3n) is 2.20. The van der Waals surface area contributed by atoms with Crippen molar-refractivity contribution < 1.29 is 4.42 Å². The molecule has 1 aliphatic carbocycles. The Morgan fingerprint density at radius 3 is 3.00 bits per heavy atom. The number of hydrogen-bond donors (Lipinski definition) is 1. The molecule has 0 saturated heterocycles. The zero-order valence-electron chi connectivity index (χ0n) is 6.72. The highest BCUT2D eigenvalue weighted by Gasteiger charge is 2.16. The SMILES string of the molecule is Brc1nc(CNC2CCC2)co1. The van der Waals surface area contributed by atoms with Gasteiger partial charge in [0.1, 0.15) is 6.26 Å². The van der Waals surface area contributed by atoms with Crippen LogP contribution in [0.5, 0.6) is 0 Å². The molecule has 1 N–H and O–H groups in total.